The maximum atomic E-state index is 6.50. The maximum absolute atomic E-state index is 6.50. The van der Waals surface area contributed by atoms with Crippen LogP contribution in [0.3, 0.4) is 0 Å². The number of nitrogens with one attached hydrogen (secondary N) is 1. The van der Waals surface area contributed by atoms with Gasteiger partial charge in [-0.15, -0.1) is 0 Å². The van der Waals surface area contributed by atoms with Gasteiger partial charge in [-0.3, -0.25) is 0 Å². The van der Waals surface area contributed by atoms with Crippen LogP contribution in [0.2, 0.25) is 0 Å². The highest BCUT2D eigenvalue weighted by Crippen LogP contribution is 2.41. The molecule has 1 atom stereocenters. The zero-order valence-electron chi connectivity index (χ0n) is 27.7. The van der Waals surface area contributed by atoms with Crippen LogP contribution >= 0.6 is 0 Å². The second kappa shape index (κ2) is 11.4. The van der Waals surface area contributed by atoms with Crippen LogP contribution in [0.25, 0.3) is 77.6 Å². The number of aromatic nitrogens is 1. The van der Waals surface area contributed by atoms with E-state index in [1.165, 1.54) is 49.1 Å². The Kier molecular flexibility index (Phi) is 6.53. The summed E-state index contributed by atoms with van der Waals surface area (Å²) in [6.45, 7) is 2.24. The molecule has 7 aromatic carbocycles. The largest absolute Gasteiger partial charge is 0.460 e. The molecule has 1 aliphatic rings. The molecule has 0 saturated carbocycles. The Balaban J connectivity index is 1.13. The van der Waals surface area contributed by atoms with Gasteiger partial charge in [0.05, 0.1) is 11.0 Å². The van der Waals surface area contributed by atoms with E-state index in [9.17, 15) is 0 Å². The number of furan rings is 1. The number of para-hydroxylation sites is 2. The molecule has 50 heavy (non-hydrogen) atoms. The quantitative estimate of drug-likeness (QED) is 0.202. The predicted molar refractivity (Wildman–Crippen MR) is 211 cm³/mol. The SMILES string of the molecule is CC1C=Cc2c(oc3cc(-c4cc(-c5ccc6c(c5)c5ccccc5n6-c5ccccc5)ccc4Nc4ccc5ccccc5c4)ccc23)C1. The number of hydrogen-bond acceptors (Lipinski definition) is 2. The summed E-state index contributed by atoms with van der Waals surface area (Å²) in [5.41, 5.74) is 12.4. The molecule has 1 N–H and O–H groups in total. The van der Waals surface area contributed by atoms with E-state index >= 15 is 0 Å². The first-order valence-electron chi connectivity index (χ1n) is 17.4. The molecule has 0 aliphatic heterocycles. The third kappa shape index (κ3) is 4.74. The minimum atomic E-state index is 0.482. The molecule has 10 rings (SSSR count). The van der Waals surface area contributed by atoms with Gasteiger partial charge in [0.15, 0.2) is 0 Å². The molecule has 9 aromatic rings. The average Bonchev–Trinajstić information content (AvgIpc) is 3.69. The summed E-state index contributed by atoms with van der Waals surface area (Å²) >= 11 is 0. The van der Waals surface area contributed by atoms with Crippen molar-refractivity contribution in [3.8, 4) is 27.9 Å². The summed E-state index contributed by atoms with van der Waals surface area (Å²) < 4.78 is 8.86. The molecular weight excluding hydrogens is 609 g/mol. The third-order valence-corrected chi connectivity index (χ3v) is 10.3. The number of nitrogens with zero attached hydrogens (tertiary/aromatic N) is 1. The first-order chi connectivity index (χ1) is 24.7. The molecule has 0 spiro atoms. The Hall–Kier alpha value is -6.32. The van der Waals surface area contributed by atoms with Crippen molar-refractivity contribution >= 4 is 61.0 Å². The molecular formula is C47H34N2O. The van der Waals surface area contributed by atoms with Crippen LogP contribution in [-0.2, 0) is 6.42 Å². The van der Waals surface area contributed by atoms with Crippen molar-refractivity contribution in [2.24, 2.45) is 5.92 Å². The van der Waals surface area contributed by atoms with Crippen LogP contribution in [0.4, 0.5) is 11.4 Å². The van der Waals surface area contributed by atoms with E-state index < -0.39 is 0 Å². The fourth-order valence-electron chi connectivity index (χ4n) is 7.79. The highest BCUT2D eigenvalue weighted by molar-refractivity contribution is 6.10. The Labute approximate surface area is 290 Å². The van der Waals surface area contributed by atoms with Gasteiger partial charge in [0, 0.05) is 50.8 Å². The molecule has 1 unspecified atom stereocenters. The zero-order valence-corrected chi connectivity index (χ0v) is 27.7. The fraction of sp³-hybridized carbons (Fsp3) is 0.0638. The van der Waals surface area contributed by atoms with E-state index in [0.29, 0.717) is 5.92 Å². The lowest BCUT2D eigenvalue weighted by Gasteiger charge is -2.16. The number of benzene rings is 7. The zero-order chi connectivity index (χ0) is 33.2. The molecule has 0 radical (unpaired) electrons. The van der Waals surface area contributed by atoms with Crippen molar-refractivity contribution in [1.29, 1.82) is 0 Å². The number of allylic oxidation sites excluding steroid dienone is 1. The first-order valence-corrected chi connectivity index (χ1v) is 17.4. The van der Waals surface area contributed by atoms with E-state index in [4.69, 9.17) is 4.42 Å². The Morgan fingerprint density at radius 3 is 2.28 bits per heavy atom. The molecule has 0 fully saturated rings. The Bertz CT molecular complexity index is 2780. The topological polar surface area (TPSA) is 30.1 Å². The van der Waals surface area contributed by atoms with E-state index in [2.05, 4.69) is 181 Å². The summed E-state index contributed by atoms with van der Waals surface area (Å²) in [5.74, 6) is 1.56. The van der Waals surface area contributed by atoms with Gasteiger partial charge in [-0.2, -0.15) is 0 Å². The summed E-state index contributed by atoms with van der Waals surface area (Å²) in [5, 5.41) is 9.88. The standard InChI is InChI=1S/C47H34N2O/c1-30-15-21-39-40-22-17-35(29-47(40)50-46(39)25-30)41-27-33(18-23-43(41)48-36-20-16-31-9-5-6-10-32(31)26-36)34-19-24-45-42(28-34)38-13-7-8-14-44(38)49(45)37-11-3-2-4-12-37/h2-24,26-30,48H,25H2,1H3. The van der Waals surface area contributed by atoms with Gasteiger partial charge in [-0.1, -0.05) is 104 Å². The van der Waals surface area contributed by atoms with Gasteiger partial charge in [-0.25, -0.2) is 0 Å². The van der Waals surface area contributed by atoms with Crippen LogP contribution in [0.15, 0.2) is 162 Å². The van der Waals surface area contributed by atoms with Crippen molar-refractivity contribution in [3.63, 3.8) is 0 Å². The molecule has 0 bridgehead atoms. The van der Waals surface area contributed by atoms with Crippen molar-refractivity contribution in [3.05, 3.63) is 169 Å². The van der Waals surface area contributed by atoms with E-state index in [0.717, 1.165) is 51.5 Å². The number of hydrogen-bond donors (Lipinski definition) is 1. The molecule has 2 aromatic heterocycles. The van der Waals surface area contributed by atoms with Gasteiger partial charge >= 0.3 is 0 Å². The first kappa shape index (κ1) is 28.7. The predicted octanol–water partition coefficient (Wildman–Crippen LogP) is 13.0. The minimum absolute atomic E-state index is 0.482. The van der Waals surface area contributed by atoms with E-state index in [-0.39, 0.29) is 0 Å². The van der Waals surface area contributed by atoms with Gasteiger partial charge in [0.25, 0.3) is 0 Å². The second-order valence-electron chi connectivity index (χ2n) is 13.6. The number of rotatable bonds is 5. The average molecular weight is 643 g/mol. The second-order valence-corrected chi connectivity index (χ2v) is 13.6. The molecule has 1 aliphatic carbocycles. The van der Waals surface area contributed by atoms with Crippen molar-refractivity contribution in [2.75, 3.05) is 5.32 Å². The van der Waals surface area contributed by atoms with Gasteiger partial charge in [0.1, 0.15) is 11.3 Å². The molecule has 238 valence electrons. The van der Waals surface area contributed by atoms with E-state index in [1.807, 2.05) is 0 Å². The van der Waals surface area contributed by atoms with Crippen molar-refractivity contribution in [2.45, 2.75) is 13.3 Å². The Morgan fingerprint density at radius 1 is 0.600 bits per heavy atom. The van der Waals surface area contributed by atoms with Gasteiger partial charge in [-0.05, 0) is 100 Å². The lowest BCUT2D eigenvalue weighted by molar-refractivity contribution is 0.513. The molecule has 0 saturated heterocycles. The van der Waals surface area contributed by atoms with Gasteiger partial charge in [0.2, 0.25) is 0 Å². The summed E-state index contributed by atoms with van der Waals surface area (Å²) in [6.07, 6.45) is 5.45. The molecule has 3 heteroatoms. The highest BCUT2D eigenvalue weighted by Gasteiger charge is 2.20. The summed E-state index contributed by atoms with van der Waals surface area (Å²) in [4.78, 5) is 0. The normalized spacial score (nSPS) is 14.1. The van der Waals surface area contributed by atoms with Crippen LogP contribution in [0, 0.1) is 5.92 Å². The van der Waals surface area contributed by atoms with Crippen LogP contribution < -0.4 is 5.32 Å². The van der Waals surface area contributed by atoms with Crippen LogP contribution in [0.1, 0.15) is 18.2 Å². The van der Waals surface area contributed by atoms with Crippen molar-refractivity contribution in [1.82, 2.24) is 4.57 Å². The minimum Gasteiger partial charge on any atom is -0.460 e. The highest BCUT2D eigenvalue weighted by atomic mass is 16.3. The lowest BCUT2D eigenvalue weighted by Crippen LogP contribution is -2.00. The lowest BCUT2D eigenvalue weighted by atomic mass is 9.93. The van der Waals surface area contributed by atoms with Gasteiger partial charge < -0.3 is 14.3 Å². The molecule has 0 amide bonds. The monoisotopic (exact) mass is 642 g/mol. The maximum Gasteiger partial charge on any atom is 0.135 e. The fourth-order valence-corrected chi connectivity index (χ4v) is 7.79. The number of anilines is 2. The summed E-state index contributed by atoms with van der Waals surface area (Å²) in [7, 11) is 0. The number of fused-ring (bicyclic) bond motifs is 7. The van der Waals surface area contributed by atoms with Crippen LogP contribution in [-0.4, -0.2) is 4.57 Å². The molecule has 3 nitrogen and oxygen atoms in total. The third-order valence-electron chi connectivity index (χ3n) is 10.3. The van der Waals surface area contributed by atoms with Crippen LogP contribution in [0.5, 0.6) is 0 Å². The summed E-state index contributed by atoms with van der Waals surface area (Å²) in [6, 6.07) is 54.7. The Morgan fingerprint density at radius 2 is 1.36 bits per heavy atom. The molecule has 2 heterocycles. The smallest absolute Gasteiger partial charge is 0.135 e. The van der Waals surface area contributed by atoms with E-state index in [1.54, 1.807) is 0 Å². The van der Waals surface area contributed by atoms with Crippen molar-refractivity contribution < 1.29 is 4.42 Å².